The number of rotatable bonds is 4. The lowest BCUT2D eigenvalue weighted by atomic mass is 9.99. The van der Waals surface area contributed by atoms with Gasteiger partial charge in [0, 0.05) is 0 Å². The summed E-state index contributed by atoms with van der Waals surface area (Å²) >= 11 is 0. The Kier molecular flexibility index (Phi) is 4.59. The Hall–Kier alpha value is -0.110. The molecule has 1 nitrogen and oxygen atoms in total. The number of halogens is 1. The van der Waals surface area contributed by atoms with Crippen LogP contribution < -0.4 is 0 Å². The fourth-order valence-corrected chi connectivity index (χ4v) is 1.72. The van der Waals surface area contributed by atoms with Gasteiger partial charge in [-0.25, -0.2) is 0 Å². The molecule has 0 aromatic rings. The van der Waals surface area contributed by atoms with E-state index in [-0.39, 0.29) is 6.67 Å². The van der Waals surface area contributed by atoms with E-state index in [2.05, 4.69) is 11.8 Å². The van der Waals surface area contributed by atoms with Gasteiger partial charge in [-0.1, -0.05) is 6.92 Å². The van der Waals surface area contributed by atoms with Gasteiger partial charge >= 0.3 is 0 Å². The molecule has 0 aromatic carbocycles. The maximum atomic E-state index is 11.8. The molecule has 1 saturated heterocycles. The molecule has 1 fully saturated rings. The zero-order valence-electron chi connectivity index (χ0n) is 8.06. The van der Waals surface area contributed by atoms with Gasteiger partial charge in [-0.05, 0) is 51.2 Å². The molecule has 12 heavy (non-hydrogen) atoms. The molecular formula is C10H20FN. The van der Waals surface area contributed by atoms with Crippen LogP contribution in [0.3, 0.4) is 0 Å². The fraction of sp³-hybridized carbons (Fsp3) is 1.00. The molecule has 1 heterocycles. The molecule has 1 aliphatic heterocycles. The number of hydrogen-bond acceptors (Lipinski definition) is 1. The third-order valence-corrected chi connectivity index (χ3v) is 2.73. The summed E-state index contributed by atoms with van der Waals surface area (Å²) < 4.78 is 11.8. The highest BCUT2D eigenvalue weighted by Crippen LogP contribution is 2.15. The van der Waals surface area contributed by atoms with Crippen LogP contribution in [-0.2, 0) is 0 Å². The Morgan fingerprint density at radius 2 is 1.92 bits per heavy atom. The van der Waals surface area contributed by atoms with Crippen molar-refractivity contribution in [3.05, 3.63) is 0 Å². The highest BCUT2D eigenvalue weighted by Gasteiger charge is 2.14. The fourth-order valence-electron chi connectivity index (χ4n) is 1.72. The van der Waals surface area contributed by atoms with Gasteiger partial charge in [0.25, 0.3) is 0 Å². The first-order chi connectivity index (χ1) is 5.83. The lowest BCUT2D eigenvalue weighted by Crippen LogP contribution is -2.33. The van der Waals surface area contributed by atoms with E-state index < -0.39 is 0 Å². The van der Waals surface area contributed by atoms with Crippen molar-refractivity contribution in [3.63, 3.8) is 0 Å². The standard InChI is InChI=1S/C10H20FN/c1-10-4-8-12(9-5-10)7-3-2-6-11/h10H,2-9H2,1H3. The van der Waals surface area contributed by atoms with Crippen molar-refractivity contribution < 1.29 is 4.39 Å². The maximum Gasteiger partial charge on any atom is 0.0894 e. The van der Waals surface area contributed by atoms with E-state index in [1.54, 1.807) is 0 Å². The van der Waals surface area contributed by atoms with Crippen LogP contribution in [0.4, 0.5) is 4.39 Å². The van der Waals surface area contributed by atoms with E-state index >= 15 is 0 Å². The third-order valence-electron chi connectivity index (χ3n) is 2.73. The minimum atomic E-state index is -0.149. The van der Waals surface area contributed by atoms with Crippen molar-refractivity contribution in [2.45, 2.75) is 32.6 Å². The summed E-state index contributed by atoms with van der Waals surface area (Å²) in [7, 11) is 0. The molecule has 2 heteroatoms. The molecule has 0 radical (unpaired) electrons. The lowest BCUT2D eigenvalue weighted by Gasteiger charge is -2.29. The van der Waals surface area contributed by atoms with E-state index in [1.807, 2.05) is 0 Å². The Morgan fingerprint density at radius 1 is 1.25 bits per heavy atom. The van der Waals surface area contributed by atoms with Crippen molar-refractivity contribution in [1.82, 2.24) is 4.90 Å². The number of hydrogen-bond donors (Lipinski definition) is 0. The number of unbranched alkanes of at least 4 members (excludes halogenated alkanes) is 1. The van der Waals surface area contributed by atoms with Gasteiger partial charge in [-0.3, -0.25) is 4.39 Å². The Morgan fingerprint density at radius 3 is 2.50 bits per heavy atom. The highest BCUT2D eigenvalue weighted by atomic mass is 19.1. The quantitative estimate of drug-likeness (QED) is 0.590. The highest BCUT2D eigenvalue weighted by molar-refractivity contribution is 4.68. The monoisotopic (exact) mass is 173 g/mol. The average molecular weight is 173 g/mol. The van der Waals surface area contributed by atoms with Crippen LogP contribution in [0.15, 0.2) is 0 Å². The summed E-state index contributed by atoms with van der Waals surface area (Å²) in [5, 5.41) is 0. The minimum Gasteiger partial charge on any atom is -0.303 e. The smallest absolute Gasteiger partial charge is 0.0894 e. The zero-order chi connectivity index (χ0) is 8.81. The first kappa shape index (κ1) is 9.97. The van der Waals surface area contributed by atoms with Crippen molar-refractivity contribution in [2.75, 3.05) is 26.3 Å². The van der Waals surface area contributed by atoms with Gasteiger partial charge in [0.1, 0.15) is 0 Å². The molecular weight excluding hydrogens is 153 g/mol. The molecule has 0 bridgehead atoms. The van der Waals surface area contributed by atoms with Crippen LogP contribution in [0.1, 0.15) is 32.6 Å². The molecule has 0 spiro atoms. The molecule has 1 rings (SSSR count). The zero-order valence-corrected chi connectivity index (χ0v) is 8.06. The second-order valence-corrected chi connectivity index (χ2v) is 3.92. The third kappa shape index (κ3) is 3.53. The molecule has 72 valence electrons. The van der Waals surface area contributed by atoms with Crippen LogP contribution in [0, 0.1) is 5.92 Å². The van der Waals surface area contributed by atoms with Crippen molar-refractivity contribution >= 4 is 0 Å². The Balaban J connectivity index is 2.01. The van der Waals surface area contributed by atoms with Gasteiger partial charge in [0.05, 0.1) is 6.67 Å². The van der Waals surface area contributed by atoms with E-state index in [4.69, 9.17) is 0 Å². The van der Waals surface area contributed by atoms with E-state index in [1.165, 1.54) is 25.9 Å². The predicted molar refractivity (Wildman–Crippen MR) is 50.0 cm³/mol. The van der Waals surface area contributed by atoms with Crippen LogP contribution in [0.5, 0.6) is 0 Å². The van der Waals surface area contributed by atoms with Gasteiger partial charge in [-0.15, -0.1) is 0 Å². The van der Waals surface area contributed by atoms with Gasteiger partial charge < -0.3 is 4.90 Å². The molecule has 1 aliphatic rings. The van der Waals surface area contributed by atoms with E-state index in [0.717, 1.165) is 25.3 Å². The molecule has 0 aliphatic carbocycles. The molecule has 0 saturated carbocycles. The maximum absolute atomic E-state index is 11.8. The molecule has 0 amide bonds. The Labute approximate surface area is 74.9 Å². The van der Waals surface area contributed by atoms with Crippen LogP contribution >= 0.6 is 0 Å². The summed E-state index contributed by atoms with van der Waals surface area (Å²) in [5.74, 6) is 0.905. The van der Waals surface area contributed by atoms with Crippen molar-refractivity contribution in [2.24, 2.45) is 5.92 Å². The van der Waals surface area contributed by atoms with Crippen molar-refractivity contribution in [1.29, 1.82) is 0 Å². The summed E-state index contributed by atoms with van der Waals surface area (Å²) in [5.41, 5.74) is 0. The summed E-state index contributed by atoms with van der Waals surface area (Å²) in [6.07, 6.45) is 4.43. The molecule has 0 unspecified atom stereocenters. The van der Waals surface area contributed by atoms with E-state index in [0.29, 0.717) is 0 Å². The number of alkyl halides is 1. The van der Waals surface area contributed by atoms with E-state index in [9.17, 15) is 4.39 Å². The second-order valence-electron chi connectivity index (χ2n) is 3.92. The van der Waals surface area contributed by atoms with Gasteiger partial charge in [-0.2, -0.15) is 0 Å². The summed E-state index contributed by atoms with van der Waals surface area (Å²) in [6, 6.07) is 0. The second kappa shape index (κ2) is 5.52. The molecule has 0 atom stereocenters. The largest absolute Gasteiger partial charge is 0.303 e. The SMILES string of the molecule is CC1CCN(CCCCF)CC1. The summed E-state index contributed by atoms with van der Waals surface area (Å²) in [6.45, 7) is 5.74. The normalized spacial score (nSPS) is 21.5. The van der Waals surface area contributed by atoms with Crippen LogP contribution in [0.25, 0.3) is 0 Å². The first-order valence-corrected chi connectivity index (χ1v) is 5.11. The lowest BCUT2D eigenvalue weighted by molar-refractivity contribution is 0.188. The molecule has 0 aromatic heterocycles. The van der Waals surface area contributed by atoms with Crippen LogP contribution in [-0.4, -0.2) is 31.2 Å². The van der Waals surface area contributed by atoms with Crippen molar-refractivity contribution in [3.8, 4) is 0 Å². The average Bonchev–Trinajstić information content (AvgIpc) is 2.09. The number of likely N-dealkylation sites (tertiary alicyclic amines) is 1. The number of nitrogens with zero attached hydrogens (tertiary/aromatic N) is 1. The number of piperidine rings is 1. The first-order valence-electron chi connectivity index (χ1n) is 5.11. The topological polar surface area (TPSA) is 3.24 Å². The Bertz CT molecular complexity index is 108. The van der Waals surface area contributed by atoms with Gasteiger partial charge in [0.2, 0.25) is 0 Å². The molecule has 0 N–H and O–H groups in total. The predicted octanol–water partition coefficient (Wildman–Crippen LogP) is 2.47. The minimum absolute atomic E-state index is 0.149. The van der Waals surface area contributed by atoms with Gasteiger partial charge in [0.15, 0.2) is 0 Å². The summed E-state index contributed by atoms with van der Waals surface area (Å²) in [4.78, 5) is 2.47. The van der Waals surface area contributed by atoms with Crippen LogP contribution in [0.2, 0.25) is 0 Å².